The Balaban J connectivity index is 2.09. The first-order valence-corrected chi connectivity index (χ1v) is 6.43. The van der Waals surface area contributed by atoms with E-state index in [0.717, 1.165) is 23.1 Å². The smallest absolute Gasteiger partial charge is 0.146 e. The summed E-state index contributed by atoms with van der Waals surface area (Å²) in [6.07, 6.45) is 6.16. The maximum atomic E-state index is 5.95. The largest absolute Gasteiger partial charge is 0.383 e. The van der Waals surface area contributed by atoms with Crippen LogP contribution in [0.4, 0.5) is 5.82 Å². The van der Waals surface area contributed by atoms with Crippen LogP contribution in [-0.4, -0.2) is 39.6 Å². The molecule has 1 unspecified atom stereocenters. The number of hydrogen-bond donors (Lipinski definition) is 1. The monoisotopic (exact) mass is 245 g/mol. The molecule has 0 radical (unpaired) electrons. The summed E-state index contributed by atoms with van der Waals surface area (Å²) < 4.78 is 2.28. The molecular weight excluding hydrogens is 226 g/mol. The molecule has 1 atom stereocenters. The van der Waals surface area contributed by atoms with Crippen LogP contribution in [-0.2, 0) is 0 Å². The summed E-state index contributed by atoms with van der Waals surface area (Å²) >= 11 is 0. The number of anilines is 1. The minimum absolute atomic E-state index is 0.495. The van der Waals surface area contributed by atoms with Gasteiger partial charge in [-0.2, -0.15) is 0 Å². The van der Waals surface area contributed by atoms with Crippen LogP contribution < -0.4 is 5.73 Å². The lowest BCUT2D eigenvalue weighted by Gasteiger charge is -2.30. The van der Waals surface area contributed by atoms with Gasteiger partial charge in [-0.1, -0.05) is 0 Å². The highest BCUT2D eigenvalue weighted by Gasteiger charge is 2.22. The second-order valence-corrected chi connectivity index (χ2v) is 5.24. The molecule has 1 aliphatic rings. The molecule has 18 heavy (non-hydrogen) atoms. The van der Waals surface area contributed by atoms with Gasteiger partial charge >= 0.3 is 0 Å². The molecule has 5 heteroatoms. The van der Waals surface area contributed by atoms with Gasteiger partial charge in [0.1, 0.15) is 17.8 Å². The van der Waals surface area contributed by atoms with Crippen LogP contribution in [0.5, 0.6) is 0 Å². The number of likely N-dealkylation sites (N-methyl/N-ethyl adjacent to an activating group) is 1. The molecule has 0 amide bonds. The van der Waals surface area contributed by atoms with Crippen LogP contribution in [0.1, 0.15) is 24.4 Å². The third-order valence-corrected chi connectivity index (χ3v) is 3.82. The van der Waals surface area contributed by atoms with E-state index in [-0.39, 0.29) is 0 Å². The topological polar surface area (TPSA) is 60.0 Å². The molecule has 0 spiro atoms. The van der Waals surface area contributed by atoms with Crippen molar-refractivity contribution in [3.8, 4) is 0 Å². The molecule has 2 aromatic heterocycles. The molecule has 5 nitrogen and oxygen atoms in total. The predicted molar refractivity (Wildman–Crippen MR) is 72.4 cm³/mol. The van der Waals surface area contributed by atoms with Gasteiger partial charge in [-0.15, -0.1) is 0 Å². The number of fused-ring (bicyclic) bond motifs is 1. The van der Waals surface area contributed by atoms with Crippen molar-refractivity contribution in [2.45, 2.75) is 25.8 Å². The zero-order valence-corrected chi connectivity index (χ0v) is 10.9. The molecule has 2 aromatic rings. The first kappa shape index (κ1) is 11.5. The van der Waals surface area contributed by atoms with E-state index < -0.39 is 0 Å². The van der Waals surface area contributed by atoms with Gasteiger partial charge in [0, 0.05) is 18.8 Å². The second kappa shape index (κ2) is 4.24. The third-order valence-electron chi connectivity index (χ3n) is 3.82. The summed E-state index contributed by atoms with van der Waals surface area (Å²) in [5.41, 5.74) is 8.09. The zero-order valence-electron chi connectivity index (χ0n) is 10.9. The van der Waals surface area contributed by atoms with Crippen LogP contribution in [0.25, 0.3) is 11.0 Å². The van der Waals surface area contributed by atoms with Crippen molar-refractivity contribution in [2.75, 3.05) is 25.9 Å². The Morgan fingerprint density at radius 3 is 3.00 bits per heavy atom. The van der Waals surface area contributed by atoms with Gasteiger partial charge in [0.2, 0.25) is 0 Å². The van der Waals surface area contributed by atoms with Crippen molar-refractivity contribution in [1.82, 2.24) is 19.4 Å². The number of nitrogens with two attached hydrogens (primary N) is 1. The molecule has 0 aliphatic carbocycles. The lowest BCUT2D eigenvalue weighted by molar-refractivity contribution is 0.214. The van der Waals surface area contributed by atoms with Crippen LogP contribution in [0.3, 0.4) is 0 Å². The number of likely N-dealkylation sites (tertiary alicyclic amines) is 1. The molecule has 0 aromatic carbocycles. The highest BCUT2D eigenvalue weighted by atomic mass is 15.2. The molecule has 0 bridgehead atoms. The van der Waals surface area contributed by atoms with Gasteiger partial charge < -0.3 is 15.2 Å². The second-order valence-electron chi connectivity index (χ2n) is 5.24. The number of aromatic nitrogens is 3. The Morgan fingerprint density at radius 2 is 2.22 bits per heavy atom. The fraction of sp³-hybridized carbons (Fsp3) is 0.538. The zero-order chi connectivity index (χ0) is 12.7. The molecule has 3 rings (SSSR count). The van der Waals surface area contributed by atoms with Gasteiger partial charge in [-0.3, -0.25) is 0 Å². The first-order chi connectivity index (χ1) is 8.66. The molecule has 1 fully saturated rings. The molecule has 2 N–H and O–H groups in total. The maximum absolute atomic E-state index is 5.95. The van der Waals surface area contributed by atoms with Crippen molar-refractivity contribution < 1.29 is 0 Å². The number of hydrogen-bond acceptors (Lipinski definition) is 4. The van der Waals surface area contributed by atoms with Gasteiger partial charge in [0.25, 0.3) is 0 Å². The number of rotatable bonds is 1. The Labute approximate surface area is 107 Å². The first-order valence-electron chi connectivity index (χ1n) is 6.43. The van der Waals surface area contributed by atoms with Crippen molar-refractivity contribution in [3.05, 3.63) is 18.1 Å². The Kier molecular flexibility index (Phi) is 2.70. The predicted octanol–water partition coefficient (Wildman–Crippen LogP) is 1.59. The highest BCUT2D eigenvalue weighted by Crippen LogP contribution is 2.29. The average molecular weight is 245 g/mol. The van der Waals surface area contributed by atoms with Crippen molar-refractivity contribution in [2.24, 2.45) is 0 Å². The SMILES string of the molecule is Cc1cn(C2CCCN(C)C2)c2ncnc(N)c12. The van der Waals surface area contributed by atoms with E-state index in [1.807, 2.05) is 0 Å². The quantitative estimate of drug-likeness (QED) is 0.829. The summed E-state index contributed by atoms with van der Waals surface area (Å²) in [5, 5.41) is 1.01. The van der Waals surface area contributed by atoms with Gasteiger partial charge in [-0.25, -0.2) is 9.97 Å². The van der Waals surface area contributed by atoms with Crippen molar-refractivity contribution >= 4 is 16.9 Å². The number of piperidine rings is 1. The normalized spacial score (nSPS) is 21.6. The summed E-state index contributed by atoms with van der Waals surface area (Å²) in [5.74, 6) is 0.584. The van der Waals surface area contributed by atoms with Gasteiger partial charge in [-0.05, 0) is 38.9 Å². The Hall–Kier alpha value is -1.62. The summed E-state index contributed by atoms with van der Waals surface area (Å²) in [6.45, 7) is 4.34. The minimum Gasteiger partial charge on any atom is -0.383 e. The van der Waals surface area contributed by atoms with E-state index in [2.05, 4.69) is 39.6 Å². The summed E-state index contributed by atoms with van der Waals surface area (Å²) in [6, 6.07) is 0.495. The van der Waals surface area contributed by atoms with E-state index in [1.165, 1.54) is 19.4 Å². The van der Waals surface area contributed by atoms with Crippen LogP contribution in [0, 0.1) is 6.92 Å². The fourth-order valence-electron chi connectivity index (χ4n) is 2.94. The van der Waals surface area contributed by atoms with Crippen LogP contribution in [0.2, 0.25) is 0 Å². The van der Waals surface area contributed by atoms with E-state index in [4.69, 9.17) is 5.73 Å². The summed E-state index contributed by atoms with van der Waals surface area (Å²) in [4.78, 5) is 10.9. The average Bonchev–Trinajstić information content (AvgIpc) is 2.68. The van der Waals surface area contributed by atoms with Gasteiger partial charge in [0.15, 0.2) is 0 Å². The van der Waals surface area contributed by atoms with Crippen LogP contribution in [0.15, 0.2) is 12.5 Å². The van der Waals surface area contributed by atoms with Crippen molar-refractivity contribution in [1.29, 1.82) is 0 Å². The maximum Gasteiger partial charge on any atom is 0.146 e. The molecule has 1 saturated heterocycles. The van der Waals surface area contributed by atoms with E-state index in [1.54, 1.807) is 6.33 Å². The third kappa shape index (κ3) is 1.75. The molecule has 0 saturated carbocycles. The number of aryl methyl sites for hydroxylation is 1. The lowest BCUT2D eigenvalue weighted by Crippen LogP contribution is -2.33. The van der Waals surface area contributed by atoms with Gasteiger partial charge in [0.05, 0.1) is 5.39 Å². The molecule has 3 heterocycles. The van der Waals surface area contributed by atoms with E-state index in [9.17, 15) is 0 Å². The molecule has 96 valence electrons. The minimum atomic E-state index is 0.495. The Morgan fingerprint density at radius 1 is 1.39 bits per heavy atom. The number of nitrogen functional groups attached to an aromatic ring is 1. The van der Waals surface area contributed by atoms with E-state index >= 15 is 0 Å². The molecular formula is C13H19N5. The Bertz CT molecular complexity index is 574. The fourth-order valence-corrected chi connectivity index (χ4v) is 2.94. The number of nitrogens with zero attached hydrogens (tertiary/aromatic N) is 4. The van der Waals surface area contributed by atoms with Crippen molar-refractivity contribution in [3.63, 3.8) is 0 Å². The highest BCUT2D eigenvalue weighted by molar-refractivity contribution is 5.89. The van der Waals surface area contributed by atoms with Crippen LogP contribution >= 0.6 is 0 Å². The van der Waals surface area contributed by atoms with E-state index in [0.29, 0.717) is 11.9 Å². The standard InChI is InChI=1S/C13H19N5/c1-9-6-18(10-4-3-5-17(2)7-10)13-11(9)12(14)15-8-16-13/h6,8,10H,3-5,7H2,1-2H3,(H2,14,15,16). The molecule has 1 aliphatic heterocycles. The summed E-state index contributed by atoms with van der Waals surface area (Å²) in [7, 11) is 2.17. The lowest BCUT2D eigenvalue weighted by atomic mass is 10.1.